The maximum Gasteiger partial charge on any atom is 0.256 e. The molecular formula is C20H26Cl2N2O3. The summed E-state index contributed by atoms with van der Waals surface area (Å²) in [5, 5.41) is 3.66. The number of amides is 2. The summed E-state index contributed by atoms with van der Waals surface area (Å²) < 4.78 is 6.12. The minimum absolute atomic E-state index is 0.167. The molecule has 5 nitrogen and oxygen atoms in total. The Balaban J connectivity index is 1.91. The summed E-state index contributed by atoms with van der Waals surface area (Å²) in [7, 11) is 0. The fraction of sp³-hybridized carbons (Fsp3) is 0.600. The van der Waals surface area contributed by atoms with Gasteiger partial charge in [-0.1, -0.05) is 43.5 Å². The lowest BCUT2D eigenvalue weighted by Crippen LogP contribution is -2.56. The largest absolute Gasteiger partial charge is 0.354 e. The lowest BCUT2D eigenvalue weighted by atomic mass is 9.89. The maximum absolute atomic E-state index is 13.4. The SMILES string of the molecule is CC(C)CNC(=O)C1COC2(CCCCC2)N1C(=O)c1ccc(Cl)c(Cl)c1. The van der Waals surface area contributed by atoms with Crippen LogP contribution in [-0.4, -0.2) is 41.6 Å². The molecule has 3 rings (SSSR count). The van der Waals surface area contributed by atoms with Crippen LogP contribution < -0.4 is 5.32 Å². The third-order valence-electron chi connectivity index (χ3n) is 5.27. The van der Waals surface area contributed by atoms with E-state index in [1.165, 1.54) is 0 Å². The first-order valence-electron chi connectivity index (χ1n) is 9.54. The molecule has 7 heteroatoms. The van der Waals surface area contributed by atoms with E-state index in [-0.39, 0.29) is 18.4 Å². The zero-order valence-corrected chi connectivity index (χ0v) is 17.3. The van der Waals surface area contributed by atoms with Crippen molar-refractivity contribution in [2.75, 3.05) is 13.2 Å². The van der Waals surface area contributed by atoms with Gasteiger partial charge in [-0.3, -0.25) is 14.5 Å². The Bertz CT molecular complexity index is 717. The van der Waals surface area contributed by atoms with Crippen molar-refractivity contribution in [3.05, 3.63) is 33.8 Å². The summed E-state index contributed by atoms with van der Waals surface area (Å²) >= 11 is 12.1. The van der Waals surface area contributed by atoms with Crippen LogP contribution in [0.1, 0.15) is 56.3 Å². The second-order valence-corrected chi connectivity index (χ2v) is 8.59. The summed E-state index contributed by atoms with van der Waals surface area (Å²) in [5.74, 6) is -0.0728. The molecule has 1 heterocycles. The molecule has 1 aliphatic carbocycles. The third kappa shape index (κ3) is 4.25. The molecule has 2 fully saturated rings. The second-order valence-electron chi connectivity index (χ2n) is 7.78. The second kappa shape index (κ2) is 8.38. The van der Waals surface area contributed by atoms with Gasteiger partial charge in [0.1, 0.15) is 11.8 Å². The third-order valence-corrected chi connectivity index (χ3v) is 6.01. The van der Waals surface area contributed by atoms with Crippen LogP contribution in [0, 0.1) is 5.92 Å². The van der Waals surface area contributed by atoms with Gasteiger partial charge in [0.2, 0.25) is 5.91 Å². The number of nitrogens with zero attached hydrogens (tertiary/aromatic N) is 1. The van der Waals surface area contributed by atoms with Crippen LogP contribution in [0.5, 0.6) is 0 Å². The molecule has 1 N–H and O–H groups in total. The number of rotatable bonds is 4. The number of ether oxygens (including phenoxy) is 1. The highest BCUT2D eigenvalue weighted by atomic mass is 35.5. The van der Waals surface area contributed by atoms with Crippen molar-refractivity contribution in [2.24, 2.45) is 5.92 Å². The van der Waals surface area contributed by atoms with Gasteiger partial charge in [-0.15, -0.1) is 0 Å². The van der Waals surface area contributed by atoms with E-state index in [2.05, 4.69) is 5.32 Å². The van der Waals surface area contributed by atoms with Crippen molar-refractivity contribution in [1.29, 1.82) is 0 Å². The predicted molar refractivity (Wildman–Crippen MR) is 106 cm³/mol. The molecule has 1 aromatic rings. The van der Waals surface area contributed by atoms with Crippen LogP contribution in [0.15, 0.2) is 18.2 Å². The lowest BCUT2D eigenvalue weighted by molar-refractivity contribution is -0.127. The van der Waals surface area contributed by atoms with Crippen molar-refractivity contribution >= 4 is 35.0 Å². The Morgan fingerprint density at radius 1 is 1.22 bits per heavy atom. The Hall–Kier alpha value is -1.30. The van der Waals surface area contributed by atoms with E-state index < -0.39 is 11.8 Å². The first kappa shape index (κ1) is 20.4. The fourth-order valence-electron chi connectivity index (χ4n) is 3.86. The number of nitrogens with one attached hydrogen (secondary N) is 1. The van der Waals surface area contributed by atoms with Crippen LogP contribution in [0.3, 0.4) is 0 Å². The van der Waals surface area contributed by atoms with Crippen molar-refractivity contribution in [3.63, 3.8) is 0 Å². The number of hydrogen-bond donors (Lipinski definition) is 1. The molecule has 0 aromatic heterocycles. The molecule has 2 aliphatic rings. The Morgan fingerprint density at radius 2 is 1.93 bits per heavy atom. The molecule has 1 saturated carbocycles. The number of halogens is 2. The molecular weight excluding hydrogens is 387 g/mol. The molecule has 0 bridgehead atoms. The summed E-state index contributed by atoms with van der Waals surface area (Å²) in [6.45, 7) is 4.85. The van der Waals surface area contributed by atoms with Gasteiger partial charge in [0.15, 0.2) is 0 Å². The summed E-state index contributed by atoms with van der Waals surface area (Å²) in [6, 6.07) is 4.18. The highest BCUT2D eigenvalue weighted by molar-refractivity contribution is 6.42. The first-order chi connectivity index (χ1) is 12.8. The molecule has 27 heavy (non-hydrogen) atoms. The molecule has 2 amide bonds. The number of benzene rings is 1. The van der Waals surface area contributed by atoms with Crippen LogP contribution >= 0.6 is 23.2 Å². The summed E-state index contributed by atoms with van der Waals surface area (Å²) in [6.07, 6.45) is 4.56. The zero-order valence-electron chi connectivity index (χ0n) is 15.8. The van der Waals surface area contributed by atoms with Crippen molar-refractivity contribution in [2.45, 2.75) is 57.7 Å². The molecule has 148 valence electrons. The maximum atomic E-state index is 13.4. The minimum atomic E-state index is -0.707. The normalized spacial score (nSPS) is 21.7. The number of carbonyl (C=O) groups excluding carboxylic acids is 2. The van der Waals surface area contributed by atoms with E-state index in [1.54, 1.807) is 23.1 Å². The van der Waals surface area contributed by atoms with Crippen molar-refractivity contribution in [1.82, 2.24) is 10.2 Å². The molecule has 1 atom stereocenters. The molecule has 1 unspecified atom stereocenters. The minimum Gasteiger partial charge on any atom is -0.354 e. The topological polar surface area (TPSA) is 58.6 Å². The van der Waals surface area contributed by atoms with Crippen LogP contribution in [-0.2, 0) is 9.53 Å². The average Bonchev–Trinajstić information content (AvgIpc) is 3.00. The van der Waals surface area contributed by atoms with Crippen LogP contribution in [0.2, 0.25) is 10.0 Å². The standard InChI is InChI=1S/C20H26Cl2N2O3/c1-13(2)11-23-18(25)17-12-27-20(8-4-3-5-9-20)24(17)19(26)14-6-7-15(21)16(22)10-14/h6-7,10,13,17H,3-5,8-9,11-12H2,1-2H3,(H,23,25). The van der Waals surface area contributed by atoms with Crippen molar-refractivity contribution in [3.8, 4) is 0 Å². The van der Waals surface area contributed by atoms with E-state index >= 15 is 0 Å². The van der Waals surface area contributed by atoms with Gasteiger partial charge in [0.05, 0.1) is 16.7 Å². The molecule has 1 spiro atoms. The van der Waals surface area contributed by atoms with E-state index in [9.17, 15) is 9.59 Å². The summed E-state index contributed by atoms with van der Waals surface area (Å²) in [4.78, 5) is 27.9. The molecule has 1 saturated heterocycles. The van der Waals surface area contributed by atoms with Gasteiger partial charge in [0, 0.05) is 12.1 Å². The van der Waals surface area contributed by atoms with Crippen LogP contribution in [0.4, 0.5) is 0 Å². The number of carbonyl (C=O) groups is 2. The first-order valence-corrected chi connectivity index (χ1v) is 10.3. The molecule has 1 aliphatic heterocycles. The van der Waals surface area contributed by atoms with Gasteiger partial charge in [-0.2, -0.15) is 0 Å². The molecule has 0 radical (unpaired) electrons. The highest BCUT2D eigenvalue weighted by Crippen LogP contribution is 2.41. The van der Waals surface area contributed by atoms with E-state index in [4.69, 9.17) is 27.9 Å². The van der Waals surface area contributed by atoms with E-state index in [0.29, 0.717) is 28.1 Å². The van der Waals surface area contributed by atoms with Gasteiger partial charge in [-0.05, 0) is 49.8 Å². The van der Waals surface area contributed by atoms with E-state index in [1.807, 2.05) is 13.8 Å². The van der Waals surface area contributed by atoms with Gasteiger partial charge < -0.3 is 10.1 Å². The average molecular weight is 413 g/mol. The van der Waals surface area contributed by atoms with Gasteiger partial charge in [0.25, 0.3) is 5.91 Å². The predicted octanol–water partition coefficient (Wildman–Crippen LogP) is 4.27. The Kier molecular flexibility index (Phi) is 6.34. The Labute approximate surface area is 170 Å². The quantitative estimate of drug-likeness (QED) is 0.802. The Morgan fingerprint density at radius 3 is 2.56 bits per heavy atom. The van der Waals surface area contributed by atoms with Crippen LogP contribution in [0.25, 0.3) is 0 Å². The monoisotopic (exact) mass is 412 g/mol. The molecule has 1 aromatic carbocycles. The lowest BCUT2D eigenvalue weighted by Gasteiger charge is -2.41. The highest BCUT2D eigenvalue weighted by Gasteiger charge is 2.52. The van der Waals surface area contributed by atoms with Gasteiger partial charge in [-0.25, -0.2) is 0 Å². The smallest absolute Gasteiger partial charge is 0.256 e. The number of hydrogen-bond acceptors (Lipinski definition) is 3. The van der Waals surface area contributed by atoms with E-state index in [0.717, 1.165) is 32.1 Å². The summed E-state index contributed by atoms with van der Waals surface area (Å²) in [5.41, 5.74) is -0.289. The van der Waals surface area contributed by atoms with Crippen molar-refractivity contribution < 1.29 is 14.3 Å². The zero-order chi connectivity index (χ0) is 19.6. The van der Waals surface area contributed by atoms with Gasteiger partial charge >= 0.3 is 0 Å². The fourth-order valence-corrected chi connectivity index (χ4v) is 4.16.